The number of carbonyl (C=O) groups excluding carboxylic acids is 2. The second kappa shape index (κ2) is 7.51. The smallest absolute Gasteiger partial charge is 0.329 e. The van der Waals surface area contributed by atoms with Crippen molar-refractivity contribution in [3.63, 3.8) is 0 Å². The quantitative estimate of drug-likeness (QED) is 0.826. The van der Waals surface area contributed by atoms with Crippen LogP contribution in [-0.2, 0) is 4.79 Å². The van der Waals surface area contributed by atoms with Crippen LogP contribution in [0.15, 0.2) is 23.4 Å². The van der Waals surface area contributed by atoms with Gasteiger partial charge in [-0.25, -0.2) is 9.78 Å². The number of nitrogens with one attached hydrogen (secondary N) is 2. The molecule has 3 amide bonds. The van der Waals surface area contributed by atoms with Gasteiger partial charge in [0.05, 0.1) is 10.3 Å². The first-order valence-corrected chi connectivity index (χ1v) is 6.87. The third kappa shape index (κ3) is 6.67. The molecule has 0 saturated heterocycles. The van der Waals surface area contributed by atoms with Crippen molar-refractivity contribution in [2.24, 2.45) is 0 Å². The van der Waals surface area contributed by atoms with Crippen LogP contribution in [0.2, 0.25) is 5.02 Å². The number of alkyl halides is 3. The van der Waals surface area contributed by atoms with Crippen LogP contribution in [-0.4, -0.2) is 34.9 Å². The zero-order valence-electron chi connectivity index (χ0n) is 10.7. The number of amides is 3. The van der Waals surface area contributed by atoms with E-state index in [1.54, 1.807) is 12.1 Å². The first-order chi connectivity index (χ1) is 9.69. The van der Waals surface area contributed by atoms with Gasteiger partial charge in [0.1, 0.15) is 11.6 Å². The number of carbonyl (C=O) groups is 2. The van der Waals surface area contributed by atoms with Crippen LogP contribution in [0, 0.1) is 0 Å². The lowest BCUT2D eigenvalue weighted by molar-refractivity contribution is -0.124. The van der Waals surface area contributed by atoms with E-state index in [1.165, 1.54) is 18.4 Å². The summed E-state index contributed by atoms with van der Waals surface area (Å²) in [6, 6.07) is 1.98. The molecule has 21 heavy (non-hydrogen) atoms. The zero-order chi connectivity index (χ0) is 16.0. The number of imide groups is 1. The Hall–Kier alpha value is -1.48. The maximum atomic E-state index is 11.9. The molecule has 2 N–H and O–H groups in total. The molecule has 0 radical (unpaired) electrons. The molecule has 116 valence electrons. The third-order valence-corrected chi connectivity index (χ3v) is 3.60. The SMILES string of the molecule is CC(Sc1ncccc1Cl)C(=O)NC(=O)NCC(F)(F)F. The van der Waals surface area contributed by atoms with Crippen LogP contribution < -0.4 is 10.6 Å². The molecule has 1 heterocycles. The van der Waals surface area contributed by atoms with Crippen LogP contribution in [0.1, 0.15) is 6.92 Å². The number of hydrogen-bond acceptors (Lipinski definition) is 4. The molecule has 0 aliphatic heterocycles. The van der Waals surface area contributed by atoms with Gasteiger partial charge >= 0.3 is 12.2 Å². The predicted molar refractivity (Wildman–Crippen MR) is 72.2 cm³/mol. The minimum Gasteiger partial charge on any atom is -0.329 e. The van der Waals surface area contributed by atoms with Gasteiger partial charge in [0, 0.05) is 6.20 Å². The van der Waals surface area contributed by atoms with E-state index in [1.807, 2.05) is 5.32 Å². The van der Waals surface area contributed by atoms with E-state index in [-0.39, 0.29) is 0 Å². The van der Waals surface area contributed by atoms with Crippen molar-refractivity contribution < 1.29 is 22.8 Å². The van der Waals surface area contributed by atoms with Gasteiger partial charge in [-0.2, -0.15) is 13.2 Å². The fourth-order valence-corrected chi connectivity index (χ4v) is 2.18. The van der Waals surface area contributed by atoms with Gasteiger partial charge in [0.2, 0.25) is 5.91 Å². The average Bonchev–Trinajstić information content (AvgIpc) is 2.38. The van der Waals surface area contributed by atoms with E-state index < -0.39 is 29.9 Å². The Morgan fingerprint density at radius 2 is 2.14 bits per heavy atom. The summed E-state index contributed by atoms with van der Waals surface area (Å²) in [5.74, 6) is -0.749. The zero-order valence-corrected chi connectivity index (χ0v) is 12.3. The van der Waals surface area contributed by atoms with E-state index in [0.717, 1.165) is 11.8 Å². The van der Waals surface area contributed by atoms with Crippen LogP contribution in [0.5, 0.6) is 0 Å². The number of aromatic nitrogens is 1. The molecule has 0 aliphatic carbocycles. The monoisotopic (exact) mass is 341 g/mol. The van der Waals surface area contributed by atoms with Gasteiger partial charge in [0.25, 0.3) is 0 Å². The molecule has 5 nitrogen and oxygen atoms in total. The summed E-state index contributed by atoms with van der Waals surface area (Å²) in [5.41, 5.74) is 0. The van der Waals surface area contributed by atoms with Crippen molar-refractivity contribution in [1.82, 2.24) is 15.6 Å². The first kappa shape index (κ1) is 17.6. The van der Waals surface area contributed by atoms with E-state index >= 15 is 0 Å². The topological polar surface area (TPSA) is 71.1 Å². The van der Waals surface area contributed by atoms with Crippen LogP contribution >= 0.6 is 23.4 Å². The van der Waals surface area contributed by atoms with Crippen molar-refractivity contribution >= 4 is 35.3 Å². The number of urea groups is 1. The highest BCUT2D eigenvalue weighted by Crippen LogP contribution is 2.27. The third-order valence-electron chi connectivity index (χ3n) is 2.07. The molecule has 10 heteroatoms. The number of pyridine rings is 1. The Kier molecular flexibility index (Phi) is 6.28. The van der Waals surface area contributed by atoms with E-state index in [4.69, 9.17) is 11.6 Å². The number of nitrogens with zero attached hydrogens (tertiary/aromatic N) is 1. The minimum absolute atomic E-state index is 0.337. The van der Waals surface area contributed by atoms with Crippen LogP contribution in [0.3, 0.4) is 0 Å². The maximum Gasteiger partial charge on any atom is 0.405 e. The van der Waals surface area contributed by atoms with Gasteiger partial charge in [0.15, 0.2) is 0 Å². The highest BCUT2D eigenvalue weighted by molar-refractivity contribution is 8.00. The Morgan fingerprint density at radius 3 is 2.71 bits per heavy atom. The summed E-state index contributed by atoms with van der Waals surface area (Å²) in [6.07, 6.45) is -3.06. The predicted octanol–water partition coefficient (Wildman–Crippen LogP) is 2.60. The molecule has 0 fully saturated rings. The van der Waals surface area contributed by atoms with Crippen molar-refractivity contribution in [2.75, 3.05) is 6.54 Å². The number of thioether (sulfide) groups is 1. The van der Waals surface area contributed by atoms with E-state index in [0.29, 0.717) is 10.0 Å². The van der Waals surface area contributed by atoms with Crippen molar-refractivity contribution in [1.29, 1.82) is 0 Å². The summed E-state index contributed by atoms with van der Waals surface area (Å²) in [7, 11) is 0. The highest BCUT2D eigenvalue weighted by atomic mass is 35.5. The maximum absolute atomic E-state index is 11.9. The number of rotatable bonds is 4. The summed E-state index contributed by atoms with van der Waals surface area (Å²) in [6.45, 7) is -0.0399. The molecule has 0 spiro atoms. The van der Waals surface area contributed by atoms with Gasteiger partial charge in [-0.15, -0.1) is 0 Å². The van der Waals surface area contributed by atoms with E-state index in [2.05, 4.69) is 4.98 Å². The molecule has 1 aromatic rings. The van der Waals surface area contributed by atoms with Gasteiger partial charge in [-0.1, -0.05) is 23.4 Å². The summed E-state index contributed by atoms with van der Waals surface area (Å²) in [4.78, 5) is 26.7. The normalized spacial score (nSPS) is 12.6. The fourth-order valence-electron chi connectivity index (χ4n) is 1.12. The molecule has 1 rings (SSSR count). The Labute approximate surface area is 127 Å². The van der Waals surface area contributed by atoms with Crippen LogP contribution in [0.25, 0.3) is 0 Å². The second-order valence-electron chi connectivity index (χ2n) is 3.84. The highest BCUT2D eigenvalue weighted by Gasteiger charge is 2.28. The molecule has 0 bridgehead atoms. The molecule has 1 unspecified atom stereocenters. The van der Waals surface area contributed by atoms with Crippen molar-refractivity contribution in [3.8, 4) is 0 Å². The Bertz CT molecular complexity index is 528. The van der Waals surface area contributed by atoms with Crippen LogP contribution in [0.4, 0.5) is 18.0 Å². The van der Waals surface area contributed by atoms with Crippen molar-refractivity contribution in [3.05, 3.63) is 23.4 Å². The average molecular weight is 342 g/mol. The molecule has 0 saturated carbocycles. The summed E-state index contributed by atoms with van der Waals surface area (Å²) >= 11 is 6.85. The molecular formula is C11H11ClF3N3O2S. The lowest BCUT2D eigenvalue weighted by atomic mass is 10.4. The minimum atomic E-state index is -4.54. The standard InChI is InChI=1S/C11H11ClF3N3O2S/c1-6(21-9-7(12)3-2-4-16-9)8(19)18-10(20)17-5-11(13,14)15/h2-4,6H,5H2,1H3,(H2,17,18,19,20). The molecule has 0 aliphatic rings. The number of halogens is 4. The van der Waals surface area contributed by atoms with Gasteiger partial charge < -0.3 is 5.32 Å². The van der Waals surface area contributed by atoms with Gasteiger partial charge in [-0.05, 0) is 19.1 Å². The summed E-state index contributed by atoms with van der Waals surface area (Å²) < 4.78 is 35.7. The lowest BCUT2D eigenvalue weighted by Gasteiger charge is -2.12. The molecular weight excluding hydrogens is 331 g/mol. The largest absolute Gasteiger partial charge is 0.405 e. The first-order valence-electron chi connectivity index (χ1n) is 5.61. The summed E-state index contributed by atoms with van der Waals surface area (Å²) in [5, 5.41) is 3.32. The van der Waals surface area contributed by atoms with Crippen molar-refractivity contribution in [2.45, 2.75) is 23.4 Å². The molecule has 1 aromatic heterocycles. The Morgan fingerprint density at radius 1 is 1.48 bits per heavy atom. The second-order valence-corrected chi connectivity index (χ2v) is 5.57. The number of hydrogen-bond donors (Lipinski definition) is 2. The fraction of sp³-hybridized carbons (Fsp3) is 0.364. The molecule has 1 atom stereocenters. The molecule has 0 aromatic carbocycles. The van der Waals surface area contributed by atoms with E-state index in [9.17, 15) is 22.8 Å². The van der Waals surface area contributed by atoms with Gasteiger partial charge in [-0.3, -0.25) is 10.1 Å². The Balaban J connectivity index is 2.48. The lowest BCUT2D eigenvalue weighted by Crippen LogP contribution is -2.45.